The van der Waals surface area contributed by atoms with Gasteiger partial charge in [0.15, 0.2) is 0 Å². The monoisotopic (exact) mass is 192 g/mol. The summed E-state index contributed by atoms with van der Waals surface area (Å²) in [6, 6.07) is 0. The maximum absolute atomic E-state index is 8.91. The van der Waals surface area contributed by atoms with Gasteiger partial charge in [-0.1, -0.05) is 6.92 Å². The molecule has 0 amide bonds. The normalized spacial score (nSPS) is 18.2. The van der Waals surface area contributed by atoms with Crippen molar-refractivity contribution >= 4 is 0 Å². The second-order valence-electron chi connectivity index (χ2n) is 3.21. The van der Waals surface area contributed by atoms with E-state index in [4.69, 9.17) is 19.7 Å². The van der Waals surface area contributed by atoms with Crippen molar-refractivity contribution in [3.8, 4) is 0 Å². The molecule has 3 atom stereocenters. The molecule has 4 heteroatoms. The van der Waals surface area contributed by atoms with Gasteiger partial charge in [-0.05, 0) is 0 Å². The van der Waals surface area contributed by atoms with Crippen LogP contribution in [0.2, 0.25) is 0 Å². The van der Waals surface area contributed by atoms with Crippen LogP contribution in [0.25, 0.3) is 0 Å². The summed E-state index contributed by atoms with van der Waals surface area (Å²) in [4.78, 5) is 0. The van der Waals surface area contributed by atoms with E-state index >= 15 is 0 Å². The molecule has 0 heterocycles. The molecule has 0 unspecified atom stereocenters. The molecular weight excluding hydrogens is 172 g/mol. The Hall–Kier alpha value is -0.160. The van der Waals surface area contributed by atoms with E-state index in [9.17, 15) is 0 Å². The molecule has 0 aromatic rings. The van der Waals surface area contributed by atoms with Crippen molar-refractivity contribution in [2.75, 3.05) is 27.4 Å². The molecule has 0 aromatic carbocycles. The summed E-state index contributed by atoms with van der Waals surface area (Å²) in [5.41, 5.74) is 0. The Morgan fingerprint density at radius 2 is 1.69 bits per heavy atom. The number of rotatable bonds is 7. The predicted molar refractivity (Wildman–Crippen MR) is 49.5 cm³/mol. The van der Waals surface area contributed by atoms with Crippen LogP contribution in [-0.2, 0) is 9.47 Å². The number of methoxy groups -OCH3 is 2. The van der Waals surface area contributed by atoms with E-state index in [-0.39, 0.29) is 31.3 Å². The van der Waals surface area contributed by atoms with Crippen LogP contribution in [0.4, 0.5) is 0 Å². The number of aliphatic hydroxyl groups is 2. The summed E-state index contributed by atoms with van der Waals surface area (Å²) in [6.45, 7) is 1.97. The smallest absolute Gasteiger partial charge is 0.0826 e. The van der Waals surface area contributed by atoms with E-state index in [1.807, 2.05) is 6.92 Å². The van der Waals surface area contributed by atoms with Crippen LogP contribution in [0.15, 0.2) is 0 Å². The lowest BCUT2D eigenvalue weighted by molar-refractivity contribution is -0.0312. The first-order valence-electron chi connectivity index (χ1n) is 4.46. The summed E-state index contributed by atoms with van der Waals surface area (Å²) >= 11 is 0. The minimum Gasteiger partial charge on any atom is -0.396 e. The molecule has 0 aliphatic carbocycles. The largest absolute Gasteiger partial charge is 0.396 e. The van der Waals surface area contributed by atoms with Gasteiger partial charge in [0, 0.05) is 33.2 Å². The van der Waals surface area contributed by atoms with Crippen LogP contribution in [0.1, 0.15) is 13.3 Å². The third-order valence-corrected chi connectivity index (χ3v) is 2.26. The lowest BCUT2D eigenvalue weighted by Gasteiger charge is -2.24. The molecule has 0 fully saturated rings. The third-order valence-electron chi connectivity index (χ3n) is 2.26. The highest BCUT2D eigenvalue weighted by Crippen LogP contribution is 2.13. The Morgan fingerprint density at radius 1 is 1.08 bits per heavy atom. The summed E-state index contributed by atoms with van der Waals surface area (Å²) in [6.07, 6.45) is 0.326. The highest BCUT2D eigenvalue weighted by Gasteiger charge is 2.20. The van der Waals surface area contributed by atoms with Crippen molar-refractivity contribution in [1.82, 2.24) is 0 Å². The van der Waals surface area contributed by atoms with E-state index < -0.39 is 0 Å². The van der Waals surface area contributed by atoms with Crippen LogP contribution < -0.4 is 0 Å². The number of aliphatic hydroxyl groups excluding tert-OH is 2. The van der Waals surface area contributed by atoms with Crippen molar-refractivity contribution in [2.45, 2.75) is 25.6 Å². The SMILES string of the molecule is CO[C@H](CO)C[C@H](OC)[C@H](C)CO. The van der Waals surface area contributed by atoms with Crippen LogP contribution in [0.3, 0.4) is 0 Å². The summed E-state index contributed by atoms with van der Waals surface area (Å²) in [5.74, 6) is 0.0641. The van der Waals surface area contributed by atoms with Crippen molar-refractivity contribution in [3.05, 3.63) is 0 Å². The first kappa shape index (κ1) is 12.8. The Labute approximate surface area is 79.5 Å². The van der Waals surface area contributed by atoms with Crippen molar-refractivity contribution < 1.29 is 19.7 Å². The average molecular weight is 192 g/mol. The van der Waals surface area contributed by atoms with E-state index in [1.54, 1.807) is 14.2 Å². The molecule has 0 bridgehead atoms. The van der Waals surface area contributed by atoms with Crippen LogP contribution >= 0.6 is 0 Å². The van der Waals surface area contributed by atoms with Crippen LogP contribution in [-0.4, -0.2) is 49.9 Å². The number of ether oxygens (including phenoxy) is 2. The second kappa shape index (κ2) is 7.26. The highest BCUT2D eigenvalue weighted by molar-refractivity contribution is 4.70. The first-order chi connectivity index (χ1) is 6.19. The van der Waals surface area contributed by atoms with Crippen molar-refractivity contribution in [2.24, 2.45) is 5.92 Å². The summed E-state index contributed by atoms with van der Waals surface area (Å²) in [7, 11) is 3.15. The summed E-state index contributed by atoms with van der Waals surface area (Å²) in [5, 5.41) is 17.8. The standard InChI is InChI=1S/C9H20O4/c1-7(5-10)9(13-3)4-8(6-11)12-2/h7-11H,4-6H2,1-3H3/t7-,8+,9+/m1/s1. The zero-order valence-corrected chi connectivity index (χ0v) is 8.56. The molecule has 13 heavy (non-hydrogen) atoms. The minimum atomic E-state index is -0.209. The van der Waals surface area contributed by atoms with Gasteiger partial charge < -0.3 is 19.7 Å². The van der Waals surface area contributed by atoms with Crippen LogP contribution in [0.5, 0.6) is 0 Å². The molecule has 0 rings (SSSR count). The van der Waals surface area contributed by atoms with Gasteiger partial charge in [-0.25, -0.2) is 0 Å². The fraction of sp³-hybridized carbons (Fsp3) is 1.00. The quantitative estimate of drug-likeness (QED) is 0.597. The molecule has 80 valence electrons. The van der Waals surface area contributed by atoms with Gasteiger partial charge in [0.1, 0.15) is 0 Å². The number of hydrogen-bond donors (Lipinski definition) is 2. The average Bonchev–Trinajstić information content (AvgIpc) is 2.19. The summed E-state index contributed by atoms with van der Waals surface area (Å²) < 4.78 is 10.2. The molecule has 2 N–H and O–H groups in total. The third kappa shape index (κ3) is 4.57. The Morgan fingerprint density at radius 3 is 2.00 bits per heavy atom. The van der Waals surface area contributed by atoms with Gasteiger partial charge in [-0.15, -0.1) is 0 Å². The molecule has 0 saturated carbocycles. The Kier molecular flexibility index (Phi) is 7.17. The minimum absolute atomic E-state index is 0.0193. The lowest BCUT2D eigenvalue weighted by Crippen LogP contribution is -2.30. The van der Waals surface area contributed by atoms with Crippen molar-refractivity contribution in [3.63, 3.8) is 0 Å². The molecular formula is C9H20O4. The fourth-order valence-corrected chi connectivity index (χ4v) is 1.18. The molecule has 0 radical (unpaired) electrons. The second-order valence-corrected chi connectivity index (χ2v) is 3.21. The van der Waals surface area contributed by atoms with Gasteiger partial charge in [-0.2, -0.15) is 0 Å². The molecule has 0 aromatic heterocycles. The maximum atomic E-state index is 8.91. The molecule has 4 nitrogen and oxygen atoms in total. The number of hydrogen-bond acceptors (Lipinski definition) is 4. The van der Waals surface area contributed by atoms with Gasteiger partial charge >= 0.3 is 0 Å². The molecule has 0 spiro atoms. The van der Waals surface area contributed by atoms with Crippen molar-refractivity contribution in [1.29, 1.82) is 0 Å². The fourth-order valence-electron chi connectivity index (χ4n) is 1.18. The molecule has 0 aliphatic heterocycles. The zero-order chi connectivity index (χ0) is 10.3. The topological polar surface area (TPSA) is 58.9 Å². The van der Waals surface area contributed by atoms with Gasteiger partial charge in [0.05, 0.1) is 18.8 Å². The van der Waals surface area contributed by atoms with Crippen LogP contribution in [0, 0.1) is 5.92 Å². The van der Waals surface area contributed by atoms with Gasteiger partial charge in [0.25, 0.3) is 0 Å². The molecule has 0 aliphatic rings. The first-order valence-corrected chi connectivity index (χ1v) is 4.46. The molecule has 0 saturated heterocycles. The van der Waals surface area contributed by atoms with Gasteiger partial charge in [-0.3, -0.25) is 0 Å². The Balaban J connectivity index is 3.94. The lowest BCUT2D eigenvalue weighted by atomic mass is 10.00. The van der Waals surface area contributed by atoms with E-state index in [2.05, 4.69) is 0 Å². The zero-order valence-electron chi connectivity index (χ0n) is 8.56. The maximum Gasteiger partial charge on any atom is 0.0826 e. The van der Waals surface area contributed by atoms with E-state index in [1.165, 1.54) is 0 Å². The highest BCUT2D eigenvalue weighted by atomic mass is 16.5. The van der Waals surface area contributed by atoms with E-state index in [0.29, 0.717) is 6.42 Å². The van der Waals surface area contributed by atoms with Gasteiger partial charge in [0.2, 0.25) is 0 Å². The van der Waals surface area contributed by atoms with E-state index in [0.717, 1.165) is 0 Å². The predicted octanol–water partition coefficient (Wildman–Crippen LogP) is 0.0272. The Bertz CT molecular complexity index is 114.